The third kappa shape index (κ3) is 18.2. The summed E-state index contributed by atoms with van der Waals surface area (Å²) in [6.45, 7) is 2.26. The Morgan fingerprint density at radius 3 is 1.58 bits per heavy atom. The summed E-state index contributed by atoms with van der Waals surface area (Å²) in [5, 5.41) is 0. The minimum atomic E-state index is -3.81. The van der Waals surface area contributed by atoms with Crippen LogP contribution in [-0.2, 0) is 14.9 Å². The monoisotopic (exact) mass is 364 g/mol. The molecule has 0 amide bonds. The van der Waals surface area contributed by atoms with Crippen molar-refractivity contribution in [2.24, 2.45) is 0 Å². The lowest BCUT2D eigenvalue weighted by molar-refractivity contribution is 0.0836. The maximum Gasteiger partial charge on any atom is 0.264 e. The normalized spacial score (nSPS) is 13.3. The molecule has 0 aromatic heterocycles. The predicted molar refractivity (Wildman–Crippen MR) is 102 cm³/mol. The van der Waals surface area contributed by atoms with Crippen LogP contribution in [-0.4, -0.2) is 31.9 Å². The van der Waals surface area contributed by atoms with Gasteiger partial charge in [-0.05, 0) is 25.7 Å². The summed E-state index contributed by atoms with van der Waals surface area (Å²) in [6.07, 6.45) is 18.2. The summed E-state index contributed by atoms with van der Waals surface area (Å²) >= 11 is 0. The molecule has 4 nitrogen and oxygen atoms in total. The Hall–Kier alpha value is -0.130. The second-order valence-electron chi connectivity index (χ2n) is 6.96. The van der Waals surface area contributed by atoms with Crippen LogP contribution in [0.2, 0.25) is 0 Å². The molecular formula is C19H40O4S. The molecule has 0 radical (unpaired) electrons. The summed E-state index contributed by atoms with van der Waals surface area (Å²) in [4.78, 5) is 0. The molecule has 146 valence electrons. The molecule has 0 rings (SSSR count). The van der Waals surface area contributed by atoms with Gasteiger partial charge in [0.15, 0.2) is 0 Å². The topological polar surface area (TPSA) is 63.6 Å². The van der Waals surface area contributed by atoms with Gasteiger partial charge in [-0.15, -0.1) is 0 Å². The van der Waals surface area contributed by atoms with Crippen LogP contribution in [0.3, 0.4) is 0 Å². The molecule has 5 heteroatoms. The van der Waals surface area contributed by atoms with Gasteiger partial charge in [-0.25, -0.2) is 0 Å². The largest absolute Gasteiger partial charge is 0.381 e. The van der Waals surface area contributed by atoms with Gasteiger partial charge in [-0.1, -0.05) is 77.6 Å². The van der Waals surface area contributed by atoms with Crippen molar-refractivity contribution in [1.82, 2.24) is 0 Å². The van der Waals surface area contributed by atoms with Crippen LogP contribution in [0.1, 0.15) is 103 Å². The Morgan fingerprint density at radius 1 is 0.750 bits per heavy atom. The highest BCUT2D eigenvalue weighted by molar-refractivity contribution is 7.85. The van der Waals surface area contributed by atoms with E-state index >= 15 is 0 Å². The zero-order valence-electron chi connectivity index (χ0n) is 16.0. The van der Waals surface area contributed by atoms with Gasteiger partial charge in [0.05, 0.1) is 11.9 Å². The van der Waals surface area contributed by atoms with E-state index in [1.54, 1.807) is 7.11 Å². The van der Waals surface area contributed by atoms with Gasteiger partial charge in [0.1, 0.15) is 0 Å². The first-order valence-electron chi connectivity index (χ1n) is 9.97. The molecule has 1 N–H and O–H groups in total. The number of rotatable bonds is 18. The minimum Gasteiger partial charge on any atom is -0.381 e. The highest BCUT2D eigenvalue weighted by Crippen LogP contribution is 2.15. The molecule has 0 saturated carbocycles. The molecule has 0 aliphatic rings. The van der Waals surface area contributed by atoms with Gasteiger partial charge in [-0.3, -0.25) is 4.55 Å². The van der Waals surface area contributed by atoms with E-state index in [4.69, 9.17) is 9.29 Å². The smallest absolute Gasteiger partial charge is 0.264 e. The Bertz CT molecular complexity index is 354. The first-order valence-corrected chi connectivity index (χ1v) is 11.6. The molecule has 0 aliphatic heterocycles. The van der Waals surface area contributed by atoms with Gasteiger partial charge in [0, 0.05) is 7.11 Å². The molecule has 0 aliphatic carbocycles. The number of ether oxygens (including phenoxy) is 1. The SMILES string of the molecule is CCCCCCCCCCCCCC(CCCCS(=O)(=O)O)OC. The van der Waals surface area contributed by atoms with Crippen molar-refractivity contribution < 1.29 is 17.7 Å². The minimum absolute atomic E-state index is 0.137. The summed E-state index contributed by atoms with van der Waals surface area (Å²) in [5.74, 6) is -0.137. The zero-order valence-corrected chi connectivity index (χ0v) is 16.8. The van der Waals surface area contributed by atoms with Crippen LogP contribution >= 0.6 is 0 Å². The fourth-order valence-corrected chi connectivity index (χ4v) is 3.64. The zero-order chi connectivity index (χ0) is 18.1. The fraction of sp³-hybridized carbons (Fsp3) is 1.00. The van der Waals surface area contributed by atoms with Gasteiger partial charge in [-0.2, -0.15) is 8.42 Å². The Kier molecular flexibility index (Phi) is 16.3. The van der Waals surface area contributed by atoms with Gasteiger partial charge >= 0.3 is 0 Å². The summed E-state index contributed by atoms with van der Waals surface area (Å²) in [7, 11) is -2.08. The van der Waals surface area contributed by atoms with E-state index in [1.165, 1.54) is 70.6 Å². The van der Waals surface area contributed by atoms with Gasteiger partial charge < -0.3 is 4.74 Å². The van der Waals surface area contributed by atoms with Crippen molar-refractivity contribution in [3.63, 3.8) is 0 Å². The molecule has 0 aromatic rings. The number of hydrogen-bond donors (Lipinski definition) is 1. The van der Waals surface area contributed by atoms with E-state index in [0.29, 0.717) is 6.42 Å². The van der Waals surface area contributed by atoms with Crippen molar-refractivity contribution in [2.75, 3.05) is 12.9 Å². The number of unbranched alkanes of at least 4 members (excludes halogenated alkanes) is 11. The molecule has 0 aromatic carbocycles. The Morgan fingerprint density at radius 2 is 1.17 bits per heavy atom. The van der Waals surface area contributed by atoms with Crippen molar-refractivity contribution >= 4 is 10.1 Å². The highest BCUT2D eigenvalue weighted by Gasteiger charge is 2.09. The lowest BCUT2D eigenvalue weighted by Crippen LogP contribution is -2.11. The van der Waals surface area contributed by atoms with E-state index in [9.17, 15) is 8.42 Å². The van der Waals surface area contributed by atoms with Crippen molar-refractivity contribution in [3.05, 3.63) is 0 Å². The molecule has 0 fully saturated rings. The summed E-state index contributed by atoms with van der Waals surface area (Å²) in [6, 6.07) is 0. The standard InChI is InChI=1S/C19H40O4S/c1-3-4-5-6-7-8-9-10-11-12-13-16-19(23-2)17-14-15-18-24(20,21)22/h19H,3-18H2,1-2H3,(H,20,21,22). The average molecular weight is 365 g/mol. The highest BCUT2D eigenvalue weighted by atomic mass is 32.2. The van der Waals surface area contributed by atoms with E-state index in [1.807, 2.05) is 0 Å². The Labute approximate surface area is 150 Å². The second kappa shape index (κ2) is 16.3. The van der Waals surface area contributed by atoms with Crippen LogP contribution in [0.5, 0.6) is 0 Å². The molecule has 0 spiro atoms. The second-order valence-corrected chi connectivity index (χ2v) is 8.54. The molecule has 1 unspecified atom stereocenters. The van der Waals surface area contributed by atoms with Crippen LogP contribution in [0.15, 0.2) is 0 Å². The Balaban J connectivity index is 3.37. The molecule has 0 heterocycles. The first kappa shape index (κ1) is 23.9. The van der Waals surface area contributed by atoms with Gasteiger partial charge in [0.25, 0.3) is 10.1 Å². The van der Waals surface area contributed by atoms with Crippen molar-refractivity contribution in [1.29, 1.82) is 0 Å². The lowest BCUT2D eigenvalue weighted by atomic mass is 10.0. The quantitative estimate of drug-likeness (QED) is 0.248. The van der Waals surface area contributed by atoms with Crippen LogP contribution < -0.4 is 0 Å². The average Bonchev–Trinajstić information content (AvgIpc) is 2.53. The van der Waals surface area contributed by atoms with Crippen LogP contribution in [0.4, 0.5) is 0 Å². The van der Waals surface area contributed by atoms with Crippen LogP contribution in [0, 0.1) is 0 Å². The van der Waals surface area contributed by atoms with Crippen LogP contribution in [0.25, 0.3) is 0 Å². The molecular weight excluding hydrogens is 324 g/mol. The van der Waals surface area contributed by atoms with Gasteiger partial charge in [0.2, 0.25) is 0 Å². The third-order valence-electron chi connectivity index (χ3n) is 4.64. The summed E-state index contributed by atoms with van der Waals surface area (Å²) in [5.41, 5.74) is 0. The fourth-order valence-electron chi connectivity index (χ4n) is 3.07. The van der Waals surface area contributed by atoms with E-state index < -0.39 is 10.1 Å². The number of hydrogen-bond acceptors (Lipinski definition) is 3. The molecule has 1 atom stereocenters. The molecule has 24 heavy (non-hydrogen) atoms. The maximum absolute atomic E-state index is 10.7. The van der Waals surface area contributed by atoms with Crippen molar-refractivity contribution in [3.8, 4) is 0 Å². The van der Waals surface area contributed by atoms with Crippen molar-refractivity contribution in [2.45, 2.75) is 109 Å². The maximum atomic E-state index is 10.7. The van der Waals surface area contributed by atoms with E-state index in [-0.39, 0.29) is 11.9 Å². The summed E-state index contributed by atoms with van der Waals surface area (Å²) < 4.78 is 35.5. The molecule has 0 bridgehead atoms. The number of methoxy groups -OCH3 is 1. The molecule has 0 saturated heterocycles. The third-order valence-corrected chi connectivity index (χ3v) is 5.45. The first-order chi connectivity index (χ1) is 11.5. The lowest BCUT2D eigenvalue weighted by Gasteiger charge is -2.14. The predicted octanol–water partition coefficient (Wildman–Crippen LogP) is 5.76. The van der Waals surface area contributed by atoms with E-state index in [0.717, 1.165) is 19.3 Å². The van der Waals surface area contributed by atoms with E-state index in [2.05, 4.69) is 6.92 Å².